The van der Waals surface area contributed by atoms with Crippen LogP contribution < -0.4 is 10.1 Å². The fourth-order valence-corrected chi connectivity index (χ4v) is 1.70. The van der Waals surface area contributed by atoms with Gasteiger partial charge in [-0.25, -0.2) is 0 Å². The van der Waals surface area contributed by atoms with E-state index in [0.717, 1.165) is 5.56 Å². The van der Waals surface area contributed by atoms with E-state index in [2.05, 4.69) is 11.9 Å². The number of nitrogens with one attached hydrogen (secondary N) is 1. The normalized spacial score (nSPS) is 9.81. The lowest BCUT2D eigenvalue weighted by Crippen LogP contribution is -2.39. The minimum atomic E-state index is -0.210. The molecular weight excluding hydrogens is 268 g/mol. The van der Waals surface area contributed by atoms with Gasteiger partial charge >= 0.3 is 0 Å². The van der Waals surface area contributed by atoms with Gasteiger partial charge in [0.25, 0.3) is 5.91 Å². The highest BCUT2D eigenvalue weighted by Crippen LogP contribution is 2.10. The van der Waals surface area contributed by atoms with Crippen LogP contribution in [-0.4, -0.2) is 43.0 Å². The van der Waals surface area contributed by atoms with Crippen LogP contribution in [0.1, 0.15) is 12.5 Å². The monoisotopic (exact) mass is 290 g/mol. The molecule has 21 heavy (non-hydrogen) atoms. The number of benzene rings is 1. The van der Waals surface area contributed by atoms with E-state index in [9.17, 15) is 9.59 Å². The van der Waals surface area contributed by atoms with Crippen molar-refractivity contribution in [2.45, 2.75) is 13.8 Å². The second kappa shape index (κ2) is 8.79. The predicted octanol–water partition coefficient (Wildman–Crippen LogP) is 1.52. The van der Waals surface area contributed by atoms with Crippen LogP contribution in [-0.2, 0) is 9.59 Å². The average molecular weight is 290 g/mol. The summed E-state index contributed by atoms with van der Waals surface area (Å²) in [5.74, 6) is 0.408. The fraction of sp³-hybridized carbons (Fsp3) is 0.375. The molecule has 1 aromatic carbocycles. The van der Waals surface area contributed by atoms with Crippen molar-refractivity contribution < 1.29 is 14.3 Å². The fourth-order valence-electron chi connectivity index (χ4n) is 1.70. The van der Waals surface area contributed by atoms with Crippen molar-refractivity contribution in [3.05, 3.63) is 42.5 Å². The average Bonchev–Trinajstić information content (AvgIpc) is 2.45. The van der Waals surface area contributed by atoms with Crippen LogP contribution in [0.2, 0.25) is 0 Å². The maximum atomic E-state index is 11.6. The van der Waals surface area contributed by atoms with Gasteiger partial charge in [-0.3, -0.25) is 9.59 Å². The Morgan fingerprint density at radius 2 is 2.00 bits per heavy atom. The van der Waals surface area contributed by atoms with E-state index in [1.807, 2.05) is 31.2 Å². The molecule has 0 aliphatic rings. The first kappa shape index (κ1) is 16.8. The van der Waals surface area contributed by atoms with Crippen LogP contribution in [0.3, 0.4) is 0 Å². The molecule has 0 spiro atoms. The van der Waals surface area contributed by atoms with Gasteiger partial charge in [0.15, 0.2) is 6.61 Å². The highest BCUT2D eigenvalue weighted by atomic mass is 16.5. The summed E-state index contributed by atoms with van der Waals surface area (Å²) in [6.45, 7) is 8.36. The third-order valence-corrected chi connectivity index (χ3v) is 2.89. The summed E-state index contributed by atoms with van der Waals surface area (Å²) in [6.07, 6.45) is 1.66. The minimum absolute atomic E-state index is 0.0371. The smallest absolute Gasteiger partial charge is 0.258 e. The quantitative estimate of drug-likeness (QED) is 0.739. The molecule has 0 heterocycles. The van der Waals surface area contributed by atoms with E-state index in [1.54, 1.807) is 11.0 Å². The summed E-state index contributed by atoms with van der Waals surface area (Å²) >= 11 is 0. The molecule has 1 rings (SSSR count). The van der Waals surface area contributed by atoms with Crippen molar-refractivity contribution in [3.63, 3.8) is 0 Å². The second-order valence-electron chi connectivity index (χ2n) is 4.71. The summed E-state index contributed by atoms with van der Waals surface area (Å²) in [5.41, 5.74) is 1.14. The number of ether oxygens (including phenoxy) is 1. The van der Waals surface area contributed by atoms with Crippen molar-refractivity contribution in [1.29, 1.82) is 0 Å². The number of hydrogen-bond acceptors (Lipinski definition) is 3. The summed E-state index contributed by atoms with van der Waals surface area (Å²) < 4.78 is 5.37. The molecule has 0 saturated carbocycles. The number of amides is 2. The van der Waals surface area contributed by atoms with E-state index >= 15 is 0 Å². The van der Waals surface area contributed by atoms with Gasteiger partial charge in [0, 0.05) is 26.6 Å². The molecule has 5 heteroatoms. The number of aryl methyl sites for hydroxylation is 1. The van der Waals surface area contributed by atoms with E-state index in [1.165, 1.54) is 6.92 Å². The summed E-state index contributed by atoms with van der Waals surface area (Å²) in [4.78, 5) is 24.5. The molecule has 5 nitrogen and oxygen atoms in total. The lowest BCUT2D eigenvalue weighted by molar-refractivity contribution is -0.129. The molecule has 0 atom stereocenters. The Morgan fingerprint density at radius 1 is 1.33 bits per heavy atom. The van der Waals surface area contributed by atoms with Gasteiger partial charge in [-0.1, -0.05) is 23.8 Å². The van der Waals surface area contributed by atoms with Crippen LogP contribution in [0, 0.1) is 6.92 Å². The number of hydrogen-bond donors (Lipinski definition) is 1. The van der Waals surface area contributed by atoms with E-state index in [-0.39, 0.29) is 18.4 Å². The Balaban J connectivity index is 2.26. The van der Waals surface area contributed by atoms with E-state index < -0.39 is 0 Å². The topological polar surface area (TPSA) is 58.6 Å². The molecule has 0 unspecified atom stereocenters. The van der Waals surface area contributed by atoms with Crippen LogP contribution in [0.25, 0.3) is 0 Å². The van der Waals surface area contributed by atoms with Crippen LogP contribution in [0.4, 0.5) is 0 Å². The van der Waals surface area contributed by atoms with Gasteiger partial charge in [-0.2, -0.15) is 0 Å². The molecule has 1 aromatic rings. The molecule has 0 aromatic heterocycles. The van der Waals surface area contributed by atoms with Gasteiger partial charge < -0.3 is 15.0 Å². The maximum absolute atomic E-state index is 11.6. The predicted molar refractivity (Wildman–Crippen MR) is 82.1 cm³/mol. The van der Waals surface area contributed by atoms with Gasteiger partial charge in [0.1, 0.15) is 5.75 Å². The van der Waals surface area contributed by atoms with Gasteiger partial charge in [0.05, 0.1) is 0 Å². The van der Waals surface area contributed by atoms with Crippen molar-refractivity contribution >= 4 is 11.8 Å². The maximum Gasteiger partial charge on any atom is 0.258 e. The lowest BCUT2D eigenvalue weighted by atomic mass is 10.2. The second-order valence-corrected chi connectivity index (χ2v) is 4.71. The number of carbonyl (C=O) groups excluding carboxylic acids is 2. The molecule has 2 amide bonds. The van der Waals surface area contributed by atoms with Crippen molar-refractivity contribution in [1.82, 2.24) is 10.2 Å². The number of nitrogens with zero attached hydrogens (tertiary/aromatic N) is 1. The van der Waals surface area contributed by atoms with Crippen LogP contribution in [0.5, 0.6) is 5.75 Å². The molecule has 114 valence electrons. The Bertz CT molecular complexity index is 483. The zero-order chi connectivity index (χ0) is 15.7. The van der Waals surface area contributed by atoms with E-state index in [0.29, 0.717) is 25.4 Å². The first-order chi connectivity index (χ1) is 10.0. The Labute approximate surface area is 125 Å². The Morgan fingerprint density at radius 3 is 2.57 bits per heavy atom. The highest BCUT2D eigenvalue weighted by molar-refractivity contribution is 5.77. The lowest BCUT2D eigenvalue weighted by Gasteiger charge is -2.19. The summed E-state index contributed by atoms with van der Waals surface area (Å²) in [7, 11) is 0. The zero-order valence-electron chi connectivity index (χ0n) is 12.6. The zero-order valence-corrected chi connectivity index (χ0v) is 12.6. The highest BCUT2D eigenvalue weighted by Gasteiger charge is 2.07. The largest absolute Gasteiger partial charge is 0.484 e. The number of rotatable bonds is 8. The molecule has 0 saturated heterocycles. The van der Waals surface area contributed by atoms with Crippen LogP contribution >= 0.6 is 0 Å². The third kappa shape index (κ3) is 6.61. The molecule has 0 fully saturated rings. The summed E-state index contributed by atoms with van der Waals surface area (Å²) in [6, 6.07) is 7.49. The molecule has 0 bridgehead atoms. The summed E-state index contributed by atoms with van der Waals surface area (Å²) in [5, 5.41) is 2.72. The third-order valence-electron chi connectivity index (χ3n) is 2.89. The SMILES string of the molecule is C=CCN(CCNC(=O)COc1ccc(C)cc1)C(C)=O. The van der Waals surface area contributed by atoms with Crippen molar-refractivity contribution in [3.8, 4) is 5.75 Å². The van der Waals surface area contributed by atoms with Crippen molar-refractivity contribution in [2.24, 2.45) is 0 Å². The number of carbonyl (C=O) groups is 2. The molecule has 0 aliphatic carbocycles. The van der Waals surface area contributed by atoms with Crippen LogP contribution in [0.15, 0.2) is 36.9 Å². The molecule has 0 radical (unpaired) electrons. The molecule has 0 aliphatic heterocycles. The molecule has 1 N–H and O–H groups in total. The Kier molecular flexibility index (Phi) is 7.01. The first-order valence-electron chi connectivity index (χ1n) is 6.85. The van der Waals surface area contributed by atoms with Gasteiger partial charge in [-0.15, -0.1) is 6.58 Å². The van der Waals surface area contributed by atoms with Crippen molar-refractivity contribution in [2.75, 3.05) is 26.2 Å². The van der Waals surface area contributed by atoms with E-state index in [4.69, 9.17) is 4.74 Å². The van der Waals surface area contributed by atoms with Gasteiger partial charge in [-0.05, 0) is 19.1 Å². The minimum Gasteiger partial charge on any atom is -0.484 e. The van der Waals surface area contributed by atoms with Gasteiger partial charge in [0.2, 0.25) is 5.91 Å². The first-order valence-corrected chi connectivity index (χ1v) is 6.85. The molecular formula is C16H22N2O3. The standard InChI is InChI=1S/C16H22N2O3/c1-4-10-18(14(3)19)11-9-17-16(20)12-21-15-7-5-13(2)6-8-15/h4-8H,1,9-12H2,2-3H3,(H,17,20). The Hall–Kier alpha value is -2.30.